The van der Waals surface area contributed by atoms with E-state index in [1.807, 2.05) is 24.3 Å². The highest BCUT2D eigenvalue weighted by Gasteiger charge is 2.27. The summed E-state index contributed by atoms with van der Waals surface area (Å²) in [6.45, 7) is 1.29. The summed E-state index contributed by atoms with van der Waals surface area (Å²) in [5, 5.41) is 8.94. The number of benzene rings is 3. The van der Waals surface area contributed by atoms with Crippen LogP contribution in [0.25, 0.3) is 0 Å². The first-order valence-electron chi connectivity index (χ1n) is 10.0. The fraction of sp³-hybridized carbons (Fsp3) is 0.208. The van der Waals surface area contributed by atoms with Gasteiger partial charge in [-0.1, -0.05) is 18.2 Å². The van der Waals surface area contributed by atoms with Crippen LogP contribution in [0.3, 0.4) is 0 Å². The van der Waals surface area contributed by atoms with E-state index in [0.29, 0.717) is 24.5 Å². The third kappa shape index (κ3) is 4.97. The Balaban J connectivity index is 1.47. The largest absolute Gasteiger partial charge is 0.492 e. The zero-order valence-electron chi connectivity index (χ0n) is 17.2. The van der Waals surface area contributed by atoms with E-state index >= 15 is 0 Å². The number of halogens is 1. The molecule has 164 valence electrons. The van der Waals surface area contributed by atoms with Gasteiger partial charge in [0, 0.05) is 18.7 Å². The summed E-state index contributed by atoms with van der Waals surface area (Å²) in [7, 11) is -3.74. The lowest BCUT2D eigenvalue weighted by Crippen LogP contribution is -2.32. The van der Waals surface area contributed by atoms with Gasteiger partial charge in [0.1, 0.15) is 18.2 Å². The van der Waals surface area contributed by atoms with Crippen molar-refractivity contribution in [3.8, 4) is 11.8 Å². The summed E-state index contributed by atoms with van der Waals surface area (Å²) in [5.74, 6) is 0.352. The quantitative estimate of drug-likeness (QED) is 0.565. The van der Waals surface area contributed by atoms with Crippen LogP contribution >= 0.6 is 0 Å². The molecule has 32 heavy (non-hydrogen) atoms. The maximum Gasteiger partial charge on any atom is 0.243 e. The molecular formula is C24H21FN2O4S. The third-order valence-electron chi connectivity index (χ3n) is 5.14. The van der Waals surface area contributed by atoms with E-state index in [9.17, 15) is 12.8 Å². The molecule has 0 aliphatic carbocycles. The van der Waals surface area contributed by atoms with Gasteiger partial charge in [-0.15, -0.1) is 0 Å². The van der Waals surface area contributed by atoms with Crippen molar-refractivity contribution in [1.82, 2.24) is 4.31 Å². The van der Waals surface area contributed by atoms with Gasteiger partial charge < -0.3 is 9.47 Å². The first kappa shape index (κ1) is 22.0. The Labute approximate surface area is 186 Å². The molecule has 0 unspecified atom stereocenters. The third-order valence-corrected chi connectivity index (χ3v) is 7.00. The molecule has 6 nitrogen and oxygen atoms in total. The number of nitrogens with zero attached hydrogens (tertiary/aromatic N) is 2. The molecule has 0 aromatic heterocycles. The van der Waals surface area contributed by atoms with E-state index in [4.69, 9.17) is 14.7 Å². The molecule has 0 fully saturated rings. The number of fused-ring (bicyclic) bond motifs is 1. The monoisotopic (exact) mass is 452 g/mol. The predicted molar refractivity (Wildman–Crippen MR) is 116 cm³/mol. The average Bonchev–Trinajstić information content (AvgIpc) is 3.03. The minimum atomic E-state index is -3.74. The fourth-order valence-electron chi connectivity index (χ4n) is 3.44. The van der Waals surface area contributed by atoms with Crippen LogP contribution < -0.4 is 4.74 Å². The zero-order valence-corrected chi connectivity index (χ0v) is 18.0. The SMILES string of the molecule is N#Cc1ccc(S(=O)(=O)N2CCOc3ccc(COCc4ccc(F)cc4)cc3C2)cc1. The molecule has 0 spiro atoms. The highest BCUT2D eigenvalue weighted by molar-refractivity contribution is 7.89. The molecule has 1 heterocycles. The minimum Gasteiger partial charge on any atom is -0.492 e. The van der Waals surface area contributed by atoms with Gasteiger partial charge in [0.2, 0.25) is 10.0 Å². The highest BCUT2D eigenvalue weighted by atomic mass is 32.2. The molecule has 3 aromatic carbocycles. The summed E-state index contributed by atoms with van der Waals surface area (Å²) < 4.78 is 52.1. The van der Waals surface area contributed by atoms with Gasteiger partial charge >= 0.3 is 0 Å². The second kappa shape index (κ2) is 9.49. The van der Waals surface area contributed by atoms with Gasteiger partial charge in [-0.2, -0.15) is 9.57 Å². The summed E-state index contributed by atoms with van der Waals surface area (Å²) in [6.07, 6.45) is 0. The summed E-state index contributed by atoms with van der Waals surface area (Å²) in [6, 6.07) is 19.6. The number of ether oxygens (including phenoxy) is 2. The van der Waals surface area contributed by atoms with Crippen LogP contribution in [0.2, 0.25) is 0 Å². The van der Waals surface area contributed by atoms with Crippen molar-refractivity contribution in [2.45, 2.75) is 24.7 Å². The molecule has 0 N–H and O–H groups in total. The summed E-state index contributed by atoms with van der Waals surface area (Å²) >= 11 is 0. The summed E-state index contributed by atoms with van der Waals surface area (Å²) in [5.41, 5.74) is 2.90. The van der Waals surface area contributed by atoms with Crippen molar-refractivity contribution >= 4 is 10.0 Å². The normalized spacial score (nSPS) is 14.1. The van der Waals surface area contributed by atoms with E-state index in [1.165, 1.54) is 40.7 Å². The van der Waals surface area contributed by atoms with Crippen LogP contribution in [0.15, 0.2) is 71.6 Å². The zero-order chi connectivity index (χ0) is 22.6. The lowest BCUT2D eigenvalue weighted by Gasteiger charge is -2.19. The van der Waals surface area contributed by atoms with E-state index < -0.39 is 10.0 Å². The number of rotatable bonds is 6. The van der Waals surface area contributed by atoms with Gasteiger partial charge in [0.15, 0.2) is 0 Å². The van der Waals surface area contributed by atoms with Crippen molar-refractivity contribution in [3.63, 3.8) is 0 Å². The Morgan fingerprint density at radius 1 is 1.00 bits per heavy atom. The average molecular weight is 453 g/mol. The van der Waals surface area contributed by atoms with Crippen LogP contribution in [0.5, 0.6) is 5.75 Å². The van der Waals surface area contributed by atoms with Crippen LogP contribution in [0.1, 0.15) is 22.3 Å². The molecule has 0 bridgehead atoms. The van der Waals surface area contributed by atoms with Crippen LogP contribution in [0.4, 0.5) is 4.39 Å². The fourth-order valence-corrected chi connectivity index (χ4v) is 4.84. The van der Waals surface area contributed by atoms with E-state index in [0.717, 1.165) is 16.7 Å². The molecule has 0 saturated carbocycles. The Morgan fingerprint density at radius 3 is 2.41 bits per heavy atom. The molecule has 3 aromatic rings. The van der Waals surface area contributed by atoms with Gasteiger partial charge in [0.25, 0.3) is 0 Å². The smallest absolute Gasteiger partial charge is 0.243 e. The molecule has 0 amide bonds. The number of hydrogen-bond acceptors (Lipinski definition) is 5. The van der Waals surface area contributed by atoms with Crippen LogP contribution in [-0.2, 0) is 34.5 Å². The number of sulfonamides is 1. The lowest BCUT2D eigenvalue weighted by atomic mass is 10.1. The van der Waals surface area contributed by atoms with E-state index in [-0.39, 0.29) is 30.4 Å². The summed E-state index contributed by atoms with van der Waals surface area (Å²) in [4.78, 5) is 0.138. The number of hydrogen-bond donors (Lipinski definition) is 0. The first-order chi connectivity index (χ1) is 15.5. The molecule has 0 radical (unpaired) electrons. The molecular weight excluding hydrogens is 431 g/mol. The minimum absolute atomic E-state index is 0.138. The van der Waals surface area contributed by atoms with Crippen molar-refractivity contribution in [2.75, 3.05) is 13.2 Å². The highest BCUT2D eigenvalue weighted by Crippen LogP contribution is 2.28. The maximum atomic E-state index is 13.1. The van der Waals surface area contributed by atoms with Crippen LogP contribution in [-0.4, -0.2) is 25.9 Å². The van der Waals surface area contributed by atoms with Crippen molar-refractivity contribution in [2.24, 2.45) is 0 Å². The molecule has 8 heteroatoms. The Bertz CT molecular complexity index is 1240. The molecule has 4 rings (SSSR count). The predicted octanol–water partition coefficient (Wildman–Crippen LogP) is 4.00. The molecule has 1 aliphatic rings. The lowest BCUT2D eigenvalue weighted by molar-refractivity contribution is 0.107. The van der Waals surface area contributed by atoms with Gasteiger partial charge in [-0.05, 0) is 59.7 Å². The molecule has 0 saturated heterocycles. The maximum absolute atomic E-state index is 13.1. The Hall–Kier alpha value is -3.25. The molecule has 0 atom stereocenters. The van der Waals surface area contributed by atoms with Gasteiger partial charge in [0.05, 0.1) is 29.7 Å². The van der Waals surface area contributed by atoms with Gasteiger partial charge in [-0.3, -0.25) is 0 Å². The Morgan fingerprint density at radius 2 is 1.69 bits per heavy atom. The second-order valence-corrected chi connectivity index (χ2v) is 9.32. The first-order valence-corrected chi connectivity index (χ1v) is 11.5. The standard InChI is InChI=1S/C24H21FN2O4S/c25-22-6-1-19(2-7-22)16-30-17-20-5-10-24-21(13-20)15-27(11-12-31-24)32(28,29)23-8-3-18(14-26)4-9-23/h1-10,13H,11-12,15-17H2. The van der Waals surface area contributed by atoms with Crippen molar-refractivity contribution in [3.05, 3.63) is 94.8 Å². The van der Waals surface area contributed by atoms with E-state index in [2.05, 4.69) is 0 Å². The van der Waals surface area contributed by atoms with Crippen molar-refractivity contribution in [1.29, 1.82) is 5.26 Å². The van der Waals surface area contributed by atoms with Crippen LogP contribution in [0, 0.1) is 17.1 Å². The van der Waals surface area contributed by atoms with Gasteiger partial charge in [-0.25, -0.2) is 12.8 Å². The van der Waals surface area contributed by atoms with E-state index in [1.54, 1.807) is 12.1 Å². The molecule has 1 aliphatic heterocycles. The number of nitriles is 1. The Kier molecular flexibility index (Phi) is 6.51. The van der Waals surface area contributed by atoms with Crippen molar-refractivity contribution < 1.29 is 22.3 Å². The topological polar surface area (TPSA) is 79.6 Å². The second-order valence-electron chi connectivity index (χ2n) is 7.38.